The number of carboxylic acid groups (broad SMARTS) is 5. The summed E-state index contributed by atoms with van der Waals surface area (Å²) in [5, 5.41) is 74.7. The molecule has 3 aromatic carbocycles. The predicted octanol–water partition coefficient (Wildman–Crippen LogP) is 14.8. The average molecular weight is 1700 g/mol. The number of ketones is 5. The highest BCUT2D eigenvalue weighted by atomic mass is 32.2. The molecule has 14 N–H and O–H groups in total. The number of nitrogens with two attached hydrogens (primary N) is 2. The summed E-state index contributed by atoms with van der Waals surface area (Å²) in [6.45, 7) is 37.5. The molecule has 0 spiro atoms. The van der Waals surface area contributed by atoms with E-state index in [4.69, 9.17) is 16.6 Å². The normalized spacial score (nSPS) is 13.9. The highest BCUT2D eigenvalue weighted by Gasteiger charge is 2.37. The summed E-state index contributed by atoms with van der Waals surface area (Å²) in [6.07, 6.45) is 5.14. The Morgan fingerprint density at radius 3 is 1.24 bits per heavy atom. The number of aliphatic carboxylic acids is 5. The zero-order chi connectivity index (χ0) is 91.0. The van der Waals surface area contributed by atoms with E-state index in [9.17, 15) is 93.0 Å². The number of rotatable bonds is 51. The van der Waals surface area contributed by atoms with Crippen LogP contribution in [0.15, 0.2) is 77.8 Å². The fourth-order valence-electron chi connectivity index (χ4n) is 12.9. The van der Waals surface area contributed by atoms with Crippen molar-refractivity contribution in [3.8, 4) is 11.5 Å². The lowest BCUT2D eigenvalue weighted by Gasteiger charge is -2.27. The minimum atomic E-state index is -1.74. The smallest absolute Gasteiger partial charge is 0.307 e. The first-order valence-corrected chi connectivity index (χ1v) is 43.4. The van der Waals surface area contributed by atoms with Crippen molar-refractivity contribution in [2.24, 2.45) is 67.7 Å². The van der Waals surface area contributed by atoms with E-state index in [1.54, 1.807) is 57.2 Å². The first-order chi connectivity index (χ1) is 54.8. The van der Waals surface area contributed by atoms with Crippen LogP contribution in [-0.2, 0) is 88.0 Å². The molecule has 0 saturated heterocycles. The van der Waals surface area contributed by atoms with Crippen molar-refractivity contribution in [1.29, 1.82) is 0 Å². The molecule has 0 aliphatic heterocycles. The van der Waals surface area contributed by atoms with Crippen LogP contribution in [0.5, 0.6) is 11.5 Å². The summed E-state index contributed by atoms with van der Waals surface area (Å²) < 4.78 is -0.477. The van der Waals surface area contributed by atoms with Crippen LogP contribution in [0, 0.1) is 51.2 Å². The number of guanidine groups is 1. The van der Waals surface area contributed by atoms with Crippen LogP contribution >= 0.6 is 23.5 Å². The van der Waals surface area contributed by atoms with Crippen molar-refractivity contribution in [2.45, 2.75) is 306 Å². The second-order valence-corrected chi connectivity index (χ2v) is 41.9. The van der Waals surface area contributed by atoms with Crippen LogP contribution in [0.25, 0.3) is 0 Å². The lowest BCUT2D eigenvalue weighted by atomic mass is 9.82. The molecular formula is C91H142N6O20S2. The number of thioether (sulfide) groups is 2. The van der Waals surface area contributed by atoms with Crippen molar-refractivity contribution < 1.29 is 98.1 Å². The number of Topliss-reactive ketones (excluding diaryl/α,β-unsaturated/α-hetero) is 5. The van der Waals surface area contributed by atoms with E-state index in [1.165, 1.54) is 59.6 Å². The zero-order valence-electron chi connectivity index (χ0n) is 74.0. The SMILES string of the molecule is CC(C)(C)CCCCCCCC(=O)C[C@@H](Cc1ccc(O)cc1)C(=O)N[C@@H](Cc1ccc(O)cc1)C(=O)CC[C@H](CSC(C)(C)C)C(=O)O.CC(C)(C)C[C@@H](CC(=O)O)C(=O)N[C@@H](CCCN=C(N)N)C(=O)C[C@@H](CC(=O)O)C(=O)N[C@@H](CC(=O)O)C(=O)C[C@H](CSC(C)(C)C)C(=O)CCC(=O)O.CC(C)(C)Cc1ccc(CC(C)(C)C)cc1. The highest BCUT2D eigenvalue weighted by molar-refractivity contribution is 8.00. The largest absolute Gasteiger partial charge is 0.508 e. The number of carboxylic acids is 5. The maximum absolute atomic E-state index is 13.9. The molecule has 0 heterocycles. The minimum Gasteiger partial charge on any atom is -0.508 e. The Kier molecular flexibility index (Phi) is 47.8. The molecule has 3 rings (SSSR count). The van der Waals surface area contributed by atoms with E-state index < -0.39 is 157 Å². The van der Waals surface area contributed by atoms with Gasteiger partial charge in [0.1, 0.15) is 23.1 Å². The Balaban J connectivity index is 0.00000100. The van der Waals surface area contributed by atoms with Crippen LogP contribution in [-0.4, -0.2) is 164 Å². The van der Waals surface area contributed by atoms with Gasteiger partial charge in [-0.25, -0.2) is 0 Å². The number of aromatic hydroxyl groups is 2. The number of nitrogens with one attached hydrogen (secondary N) is 3. The number of hydrogen-bond donors (Lipinski definition) is 12. The minimum absolute atomic E-state index is 0.00400. The number of phenols is 2. The van der Waals surface area contributed by atoms with E-state index in [0.29, 0.717) is 28.4 Å². The number of unbranched alkanes of at least 4 members (excludes halogenated alkanes) is 4. The van der Waals surface area contributed by atoms with E-state index in [0.717, 1.165) is 49.7 Å². The van der Waals surface area contributed by atoms with Gasteiger partial charge in [-0.1, -0.05) is 199 Å². The van der Waals surface area contributed by atoms with Gasteiger partial charge in [0.2, 0.25) is 17.7 Å². The number of nitrogens with zero attached hydrogens (tertiary/aromatic N) is 1. The van der Waals surface area contributed by atoms with Crippen LogP contribution in [0.1, 0.15) is 275 Å². The number of carbonyl (C=O) groups excluding carboxylic acids is 8. The number of hydrogen-bond acceptors (Lipinski definition) is 18. The highest BCUT2D eigenvalue weighted by Crippen LogP contribution is 2.33. The van der Waals surface area contributed by atoms with Gasteiger partial charge < -0.3 is 63.2 Å². The van der Waals surface area contributed by atoms with Crippen LogP contribution in [0.2, 0.25) is 0 Å². The molecule has 26 nitrogen and oxygen atoms in total. The van der Waals surface area contributed by atoms with Gasteiger partial charge >= 0.3 is 29.8 Å². The maximum atomic E-state index is 13.9. The third kappa shape index (κ3) is 54.3. The lowest BCUT2D eigenvalue weighted by molar-refractivity contribution is -0.144. The first-order valence-electron chi connectivity index (χ1n) is 41.4. The van der Waals surface area contributed by atoms with E-state index in [-0.39, 0.29) is 109 Å². The molecule has 28 heteroatoms. The molecule has 3 amide bonds. The Morgan fingerprint density at radius 2 is 0.790 bits per heavy atom. The van der Waals surface area contributed by atoms with E-state index in [2.05, 4.69) is 108 Å². The number of phenolic OH excluding ortho intramolecular Hbond substituents is 2. The number of aliphatic imine (C=N–C) groups is 1. The molecule has 0 unspecified atom stereocenters. The van der Waals surface area contributed by atoms with Gasteiger partial charge in [0.15, 0.2) is 23.3 Å². The molecule has 0 aromatic heterocycles. The van der Waals surface area contributed by atoms with Crippen molar-refractivity contribution in [1.82, 2.24) is 16.0 Å². The first kappa shape index (κ1) is 108. The summed E-state index contributed by atoms with van der Waals surface area (Å²) >= 11 is 2.85. The summed E-state index contributed by atoms with van der Waals surface area (Å²) in [5.74, 6) is -16.0. The van der Waals surface area contributed by atoms with Crippen molar-refractivity contribution in [2.75, 3.05) is 18.1 Å². The number of benzene rings is 3. The molecule has 8 atom stereocenters. The predicted molar refractivity (Wildman–Crippen MR) is 469 cm³/mol. The van der Waals surface area contributed by atoms with Gasteiger partial charge in [-0.15, -0.1) is 0 Å². The molecule has 0 bridgehead atoms. The molecule has 0 aliphatic rings. The molecule has 0 radical (unpaired) electrons. The van der Waals surface area contributed by atoms with Gasteiger partial charge in [0, 0.05) is 83.8 Å². The van der Waals surface area contributed by atoms with Gasteiger partial charge in [0.25, 0.3) is 0 Å². The molecular weight excluding hydrogens is 1560 g/mol. The Labute approximate surface area is 714 Å². The Morgan fingerprint density at radius 1 is 0.370 bits per heavy atom. The average Bonchev–Trinajstić information content (AvgIpc) is 0.861. The molecule has 3 aromatic rings. The fraction of sp³-hybridized carbons (Fsp3) is 0.648. The second kappa shape index (κ2) is 52.5. The Hall–Kier alpha value is -8.66. The topological polar surface area (TPSA) is 464 Å². The van der Waals surface area contributed by atoms with Crippen molar-refractivity contribution in [3.63, 3.8) is 0 Å². The third-order valence-corrected chi connectivity index (χ3v) is 21.7. The van der Waals surface area contributed by atoms with Gasteiger partial charge in [-0.3, -0.25) is 67.3 Å². The van der Waals surface area contributed by atoms with Gasteiger partial charge in [-0.2, -0.15) is 23.5 Å². The quantitative estimate of drug-likeness (QED) is 0.0142. The van der Waals surface area contributed by atoms with Crippen LogP contribution in [0.4, 0.5) is 0 Å². The molecule has 0 fully saturated rings. The summed E-state index contributed by atoms with van der Waals surface area (Å²) in [7, 11) is 0. The molecule has 0 saturated carbocycles. The van der Waals surface area contributed by atoms with E-state index in [1.807, 2.05) is 41.5 Å². The zero-order valence-corrected chi connectivity index (χ0v) is 75.6. The maximum Gasteiger partial charge on any atom is 0.307 e. The van der Waals surface area contributed by atoms with Gasteiger partial charge in [0.05, 0.1) is 55.6 Å². The molecule has 0 aliphatic carbocycles. The van der Waals surface area contributed by atoms with Crippen LogP contribution < -0.4 is 27.4 Å². The van der Waals surface area contributed by atoms with E-state index >= 15 is 0 Å². The van der Waals surface area contributed by atoms with Crippen LogP contribution in [0.3, 0.4) is 0 Å². The second-order valence-electron chi connectivity index (χ2n) is 38.2. The summed E-state index contributed by atoms with van der Waals surface area (Å²) in [4.78, 5) is 170. The molecule has 119 heavy (non-hydrogen) atoms. The number of carbonyl (C=O) groups is 13. The number of amides is 3. The fourth-order valence-corrected chi connectivity index (χ4v) is 14.9. The standard InChI is InChI=1S/C40H59NO7S.C35H57N5O13S.C16H26/c1-39(2,3)23-11-9-7-8-10-12-34(44)26-31(24-28-13-18-32(42)19-14-28)37(46)41-35(25-29-15-20-33(43)21-16-29)36(45)22-17-30(38(47)48)27-49-40(4,5)6;1-34(2,3)17-20(15-29(48)49)32(53)39-22(8-7-11-38-33(36)37)25(42)12-19(14-28(46)47)31(52)40-23(16-30(50)51)26(43)13-21(18-54-35(4,5)6)24(41)9-10-27(44)45;1-15(2,3)11-13-7-9-14(10-8-13)12-16(4,5)6/h13-16,18-21,30-31,35,42-43H,7-12,17,22-27H2,1-6H3,(H,41,46)(H,47,48);19-23H,7-18H2,1-6H3,(H,39,53)(H,40,52)(H,44,45)(H,46,47)(H,48,49)(H,50,51)(H4,36,37,38);7-10H,11-12H2,1-6H3/t30-,31-,35+;19-,20+,21+,22-,23-;/m10./s1. The lowest BCUT2D eigenvalue weighted by Crippen LogP contribution is -2.48. The summed E-state index contributed by atoms with van der Waals surface area (Å²) in [6, 6.07) is 18.0. The summed E-state index contributed by atoms with van der Waals surface area (Å²) in [5.41, 5.74) is 15.7. The van der Waals surface area contributed by atoms with Gasteiger partial charge in [-0.05, 0) is 132 Å². The van der Waals surface area contributed by atoms with Crippen molar-refractivity contribution >= 4 is 106 Å². The third-order valence-electron chi connectivity index (χ3n) is 18.9. The molecule has 668 valence electrons. The monoisotopic (exact) mass is 1700 g/mol. The van der Waals surface area contributed by atoms with Crippen molar-refractivity contribution in [3.05, 3.63) is 95.1 Å². The Bertz CT molecular complexity index is 3730.